The van der Waals surface area contributed by atoms with E-state index in [1.54, 1.807) is 0 Å². The maximum atomic E-state index is 4.89. The van der Waals surface area contributed by atoms with E-state index in [9.17, 15) is 0 Å². The fourth-order valence-corrected chi connectivity index (χ4v) is 3.93. The molecule has 0 radical (unpaired) electrons. The van der Waals surface area contributed by atoms with Crippen LogP contribution < -0.4 is 15.5 Å². The van der Waals surface area contributed by atoms with Crippen LogP contribution in [0.5, 0.6) is 0 Å². The van der Waals surface area contributed by atoms with Crippen molar-refractivity contribution in [3.63, 3.8) is 0 Å². The minimum Gasteiger partial charge on any atom is -0.372 e. The molecule has 31 heavy (non-hydrogen) atoms. The number of aromatic nitrogens is 2. The van der Waals surface area contributed by atoms with E-state index in [1.807, 2.05) is 17.9 Å². The van der Waals surface area contributed by atoms with Crippen LogP contribution in [0.25, 0.3) is 0 Å². The summed E-state index contributed by atoms with van der Waals surface area (Å²) in [5, 5.41) is 11.3. The lowest BCUT2D eigenvalue weighted by Crippen LogP contribution is -2.39. The molecule has 2 heterocycles. The molecular formula is C23H38IN7. The first-order chi connectivity index (χ1) is 14.5. The van der Waals surface area contributed by atoms with Crippen molar-refractivity contribution < 1.29 is 0 Å². The number of benzene rings is 1. The van der Waals surface area contributed by atoms with Crippen LogP contribution in [-0.2, 0) is 7.05 Å². The Hall–Kier alpha value is -1.81. The molecule has 0 aliphatic carbocycles. The number of hydrogen-bond donors (Lipinski definition) is 2. The number of anilines is 1. The number of likely N-dealkylation sites (N-methyl/N-ethyl adjacent to an activating group) is 1. The summed E-state index contributed by atoms with van der Waals surface area (Å²) in [6.45, 7) is 8.10. The first kappa shape index (κ1) is 25.5. The second kappa shape index (κ2) is 12.3. The number of hydrogen-bond acceptors (Lipinski definition) is 4. The second-order valence-electron chi connectivity index (χ2n) is 8.30. The van der Waals surface area contributed by atoms with Gasteiger partial charge in [0.05, 0.1) is 24.8 Å². The third-order valence-electron chi connectivity index (χ3n) is 5.69. The van der Waals surface area contributed by atoms with E-state index in [0.717, 1.165) is 25.6 Å². The van der Waals surface area contributed by atoms with Gasteiger partial charge in [0.15, 0.2) is 5.96 Å². The molecule has 2 aromatic rings. The SMILES string of the molecule is CCNC(=NCC(c1cnn(C)c1)N(C)C)NC(C)c1cccc(N2CCCC2)c1.I. The number of guanidine groups is 1. The molecule has 1 saturated heterocycles. The Morgan fingerprint density at radius 1 is 1.23 bits per heavy atom. The van der Waals surface area contributed by atoms with Crippen molar-refractivity contribution in [2.75, 3.05) is 45.2 Å². The van der Waals surface area contributed by atoms with Gasteiger partial charge in [0.2, 0.25) is 0 Å². The summed E-state index contributed by atoms with van der Waals surface area (Å²) in [5.41, 5.74) is 3.78. The lowest BCUT2D eigenvalue weighted by molar-refractivity contribution is 0.306. The Bertz CT molecular complexity index is 827. The molecule has 1 aromatic heterocycles. The average molecular weight is 540 g/mol. The highest BCUT2D eigenvalue weighted by Gasteiger charge is 2.17. The molecule has 2 atom stereocenters. The highest BCUT2D eigenvalue weighted by molar-refractivity contribution is 14.0. The molecule has 1 aliphatic rings. The molecule has 2 unspecified atom stereocenters. The van der Waals surface area contributed by atoms with Crippen LogP contribution in [0.15, 0.2) is 41.7 Å². The van der Waals surface area contributed by atoms with Crippen LogP contribution in [0.2, 0.25) is 0 Å². The fourth-order valence-electron chi connectivity index (χ4n) is 3.93. The monoisotopic (exact) mass is 539 g/mol. The van der Waals surface area contributed by atoms with E-state index in [0.29, 0.717) is 6.54 Å². The first-order valence-electron chi connectivity index (χ1n) is 11.0. The standard InChI is InChI=1S/C23H37N7.HI/c1-6-24-23(25-16-22(28(3)4)20-15-26-29(5)17-20)27-18(2)19-10-9-11-21(14-19)30-12-7-8-13-30;/h9-11,14-15,17-18,22H,6-8,12-13,16H2,1-5H3,(H2,24,25,27);1H. The van der Waals surface area contributed by atoms with E-state index in [-0.39, 0.29) is 36.1 Å². The van der Waals surface area contributed by atoms with Gasteiger partial charge < -0.3 is 20.4 Å². The Labute approximate surface area is 204 Å². The summed E-state index contributed by atoms with van der Waals surface area (Å²) in [4.78, 5) is 9.56. The van der Waals surface area contributed by atoms with Gasteiger partial charge in [-0.2, -0.15) is 5.10 Å². The molecule has 0 saturated carbocycles. The summed E-state index contributed by atoms with van der Waals surface area (Å²) in [5.74, 6) is 0.840. The summed E-state index contributed by atoms with van der Waals surface area (Å²) in [6, 6.07) is 9.24. The van der Waals surface area contributed by atoms with Crippen LogP contribution in [-0.4, -0.2) is 60.9 Å². The summed E-state index contributed by atoms with van der Waals surface area (Å²) in [7, 11) is 6.11. The number of aliphatic imine (C=N–C) groups is 1. The van der Waals surface area contributed by atoms with Crippen LogP contribution in [0, 0.1) is 0 Å². The van der Waals surface area contributed by atoms with Crippen molar-refractivity contribution >= 4 is 35.6 Å². The Morgan fingerprint density at radius 2 is 1.97 bits per heavy atom. The molecule has 1 aliphatic heterocycles. The summed E-state index contributed by atoms with van der Waals surface area (Å²) >= 11 is 0. The predicted molar refractivity (Wildman–Crippen MR) is 140 cm³/mol. The number of nitrogens with one attached hydrogen (secondary N) is 2. The lowest BCUT2D eigenvalue weighted by Gasteiger charge is -2.24. The molecular weight excluding hydrogens is 501 g/mol. The van der Waals surface area contributed by atoms with Gasteiger partial charge in [0, 0.05) is 44.1 Å². The lowest BCUT2D eigenvalue weighted by atomic mass is 10.1. The summed E-state index contributed by atoms with van der Waals surface area (Å²) < 4.78 is 1.84. The van der Waals surface area contributed by atoms with Gasteiger partial charge in [-0.15, -0.1) is 24.0 Å². The van der Waals surface area contributed by atoms with Crippen molar-refractivity contribution in [1.82, 2.24) is 25.3 Å². The molecule has 172 valence electrons. The minimum absolute atomic E-state index is 0. The number of nitrogens with zero attached hydrogens (tertiary/aromatic N) is 5. The number of aryl methyl sites for hydroxylation is 1. The van der Waals surface area contributed by atoms with Crippen LogP contribution in [0.3, 0.4) is 0 Å². The van der Waals surface area contributed by atoms with Crippen molar-refractivity contribution in [2.45, 2.75) is 38.8 Å². The van der Waals surface area contributed by atoms with E-state index in [4.69, 9.17) is 4.99 Å². The van der Waals surface area contributed by atoms with Crippen LogP contribution in [0.1, 0.15) is 49.9 Å². The summed E-state index contributed by atoms with van der Waals surface area (Å²) in [6.07, 6.45) is 6.57. The van der Waals surface area contributed by atoms with Crippen molar-refractivity contribution in [1.29, 1.82) is 0 Å². The topological polar surface area (TPSA) is 60.7 Å². The zero-order chi connectivity index (χ0) is 21.5. The molecule has 3 rings (SSSR count). The smallest absolute Gasteiger partial charge is 0.191 e. The Kier molecular flexibility index (Phi) is 10.1. The number of halogens is 1. The Morgan fingerprint density at radius 3 is 2.58 bits per heavy atom. The van der Waals surface area contributed by atoms with E-state index >= 15 is 0 Å². The highest BCUT2D eigenvalue weighted by atomic mass is 127. The predicted octanol–water partition coefficient (Wildman–Crippen LogP) is 3.56. The van der Waals surface area contributed by atoms with Gasteiger partial charge in [0.25, 0.3) is 0 Å². The molecule has 8 heteroatoms. The largest absolute Gasteiger partial charge is 0.372 e. The second-order valence-corrected chi connectivity index (χ2v) is 8.30. The molecule has 0 spiro atoms. The van der Waals surface area contributed by atoms with Crippen molar-refractivity contribution in [3.8, 4) is 0 Å². The van der Waals surface area contributed by atoms with Gasteiger partial charge in [-0.25, -0.2) is 0 Å². The van der Waals surface area contributed by atoms with E-state index < -0.39 is 0 Å². The molecule has 1 aromatic carbocycles. The fraction of sp³-hybridized carbons (Fsp3) is 0.565. The highest BCUT2D eigenvalue weighted by Crippen LogP contribution is 2.24. The molecule has 0 amide bonds. The molecule has 0 bridgehead atoms. The third-order valence-corrected chi connectivity index (χ3v) is 5.69. The van der Waals surface area contributed by atoms with E-state index in [2.05, 4.69) is 83.9 Å². The quantitative estimate of drug-likeness (QED) is 0.305. The van der Waals surface area contributed by atoms with E-state index in [1.165, 1.54) is 29.7 Å². The van der Waals surface area contributed by atoms with Gasteiger partial charge >= 0.3 is 0 Å². The van der Waals surface area contributed by atoms with Gasteiger partial charge in [-0.3, -0.25) is 9.67 Å². The maximum Gasteiger partial charge on any atom is 0.191 e. The molecule has 2 N–H and O–H groups in total. The molecule has 1 fully saturated rings. The molecule has 7 nitrogen and oxygen atoms in total. The zero-order valence-corrected chi connectivity index (χ0v) is 21.8. The van der Waals surface area contributed by atoms with Crippen LogP contribution >= 0.6 is 24.0 Å². The van der Waals surface area contributed by atoms with Crippen molar-refractivity contribution in [2.24, 2.45) is 12.0 Å². The average Bonchev–Trinajstić information content (AvgIpc) is 3.40. The maximum absolute atomic E-state index is 4.89. The first-order valence-corrected chi connectivity index (χ1v) is 11.0. The van der Waals surface area contributed by atoms with Gasteiger partial charge in [-0.05, 0) is 58.5 Å². The number of rotatable bonds is 8. The van der Waals surface area contributed by atoms with Crippen molar-refractivity contribution in [3.05, 3.63) is 47.8 Å². The third kappa shape index (κ3) is 7.10. The minimum atomic E-state index is 0. The van der Waals surface area contributed by atoms with Crippen LogP contribution in [0.4, 0.5) is 5.69 Å². The van der Waals surface area contributed by atoms with Gasteiger partial charge in [-0.1, -0.05) is 12.1 Å². The normalized spacial score (nSPS) is 16.2. The Balaban J connectivity index is 0.00000341. The zero-order valence-electron chi connectivity index (χ0n) is 19.5. The van der Waals surface area contributed by atoms with Gasteiger partial charge in [0.1, 0.15) is 0 Å².